The summed E-state index contributed by atoms with van der Waals surface area (Å²) in [5.41, 5.74) is 0. The van der Waals surface area contributed by atoms with Gasteiger partial charge in [0.2, 0.25) is 0 Å². The minimum absolute atomic E-state index is 0.126. The third kappa shape index (κ3) is 4.26. The van der Waals surface area contributed by atoms with Crippen molar-refractivity contribution in [2.75, 3.05) is 0 Å². The van der Waals surface area contributed by atoms with E-state index >= 15 is 0 Å². The Labute approximate surface area is 86.3 Å². The molecule has 0 aromatic heterocycles. The molecule has 0 saturated heterocycles. The minimum Gasteiger partial charge on any atom is -0.478 e. The molecule has 0 aromatic carbocycles. The molecule has 3 N–H and O–H groups in total. The van der Waals surface area contributed by atoms with Crippen LogP contribution in [0.1, 0.15) is 13.3 Å². The number of carbonyl (C=O) groups excluding carboxylic acids is 2. The third-order valence-electron chi connectivity index (χ3n) is 2.04. The highest BCUT2D eigenvalue weighted by Crippen LogP contribution is 2.28. The Morgan fingerprint density at radius 1 is 1.33 bits per heavy atom. The molecule has 6 nitrogen and oxygen atoms in total. The smallest absolute Gasteiger partial charge is 0.328 e. The standard InChI is InChI=1S/C9H12N2O4/c1-5-4-6(5)10-9(15)11-7(12)2-3-8(13)14/h2-3,5-6H,4H2,1H3,(H,13,14)(H2,10,11,12,15). The molecule has 0 aliphatic heterocycles. The highest BCUT2D eigenvalue weighted by atomic mass is 16.4. The van der Waals surface area contributed by atoms with Crippen LogP contribution in [0, 0.1) is 5.92 Å². The molecule has 1 aliphatic rings. The fourth-order valence-corrected chi connectivity index (χ4v) is 1.03. The summed E-state index contributed by atoms with van der Waals surface area (Å²) in [6.45, 7) is 1.98. The van der Waals surface area contributed by atoms with Gasteiger partial charge in [-0.2, -0.15) is 0 Å². The van der Waals surface area contributed by atoms with Crippen LogP contribution < -0.4 is 10.6 Å². The number of carbonyl (C=O) groups is 3. The van der Waals surface area contributed by atoms with Crippen LogP contribution in [-0.2, 0) is 9.59 Å². The van der Waals surface area contributed by atoms with Crippen molar-refractivity contribution in [2.24, 2.45) is 5.92 Å². The Morgan fingerprint density at radius 2 is 1.93 bits per heavy atom. The van der Waals surface area contributed by atoms with Gasteiger partial charge in [0.1, 0.15) is 0 Å². The molecule has 1 saturated carbocycles. The lowest BCUT2D eigenvalue weighted by Crippen LogP contribution is -2.40. The van der Waals surface area contributed by atoms with Crippen molar-refractivity contribution in [1.82, 2.24) is 10.6 Å². The second-order valence-electron chi connectivity index (χ2n) is 3.45. The molecular weight excluding hydrogens is 200 g/mol. The van der Waals surface area contributed by atoms with E-state index in [9.17, 15) is 14.4 Å². The molecular formula is C9H12N2O4. The summed E-state index contributed by atoms with van der Waals surface area (Å²) in [7, 11) is 0. The summed E-state index contributed by atoms with van der Waals surface area (Å²) >= 11 is 0. The van der Waals surface area contributed by atoms with Crippen LogP contribution in [0.15, 0.2) is 12.2 Å². The van der Waals surface area contributed by atoms with Gasteiger partial charge in [-0.3, -0.25) is 10.1 Å². The largest absolute Gasteiger partial charge is 0.478 e. The normalized spacial score (nSPS) is 23.5. The molecule has 6 heteroatoms. The van der Waals surface area contributed by atoms with Gasteiger partial charge in [-0.15, -0.1) is 0 Å². The van der Waals surface area contributed by atoms with Gasteiger partial charge in [-0.1, -0.05) is 6.92 Å². The van der Waals surface area contributed by atoms with Gasteiger partial charge in [-0.25, -0.2) is 9.59 Å². The third-order valence-corrected chi connectivity index (χ3v) is 2.04. The van der Waals surface area contributed by atoms with Gasteiger partial charge in [0.05, 0.1) is 0 Å². The maximum absolute atomic E-state index is 11.1. The summed E-state index contributed by atoms with van der Waals surface area (Å²) < 4.78 is 0. The van der Waals surface area contributed by atoms with E-state index < -0.39 is 17.9 Å². The lowest BCUT2D eigenvalue weighted by atomic mass is 10.4. The van der Waals surface area contributed by atoms with E-state index in [4.69, 9.17) is 5.11 Å². The molecule has 1 fully saturated rings. The lowest BCUT2D eigenvalue weighted by Gasteiger charge is -2.02. The molecule has 0 radical (unpaired) electrons. The van der Waals surface area contributed by atoms with Gasteiger partial charge in [0.25, 0.3) is 5.91 Å². The first-order valence-corrected chi connectivity index (χ1v) is 4.51. The number of urea groups is 1. The zero-order valence-corrected chi connectivity index (χ0v) is 8.19. The van der Waals surface area contributed by atoms with E-state index in [1.807, 2.05) is 12.2 Å². The molecule has 0 heterocycles. The Morgan fingerprint density at radius 3 is 2.40 bits per heavy atom. The monoisotopic (exact) mass is 212 g/mol. The van der Waals surface area contributed by atoms with Crippen LogP contribution in [0.5, 0.6) is 0 Å². The summed E-state index contributed by atoms with van der Waals surface area (Å²) in [5.74, 6) is -1.54. The second-order valence-corrected chi connectivity index (χ2v) is 3.45. The van der Waals surface area contributed by atoms with Gasteiger partial charge in [-0.05, 0) is 12.3 Å². The van der Waals surface area contributed by atoms with Crippen molar-refractivity contribution in [3.05, 3.63) is 12.2 Å². The van der Waals surface area contributed by atoms with Crippen molar-refractivity contribution in [2.45, 2.75) is 19.4 Å². The van der Waals surface area contributed by atoms with Gasteiger partial charge >= 0.3 is 12.0 Å². The molecule has 2 unspecified atom stereocenters. The number of carboxylic acid groups (broad SMARTS) is 1. The van der Waals surface area contributed by atoms with Crippen LogP contribution >= 0.6 is 0 Å². The summed E-state index contributed by atoms with van der Waals surface area (Å²) in [6, 6.07) is -0.467. The summed E-state index contributed by atoms with van der Waals surface area (Å²) in [6.07, 6.45) is 2.37. The second kappa shape index (κ2) is 4.59. The molecule has 15 heavy (non-hydrogen) atoms. The maximum atomic E-state index is 11.1. The number of hydrogen-bond acceptors (Lipinski definition) is 3. The van der Waals surface area contributed by atoms with E-state index in [1.165, 1.54) is 0 Å². The predicted molar refractivity (Wildman–Crippen MR) is 51.0 cm³/mol. The fourth-order valence-electron chi connectivity index (χ4n) is 1.03. The van der Waals surface area contributed by atoms with E-state index in [2.05, 4.69) is 5.32 Å². The van der Waals surface area contributed by atoms with E-state index in [0.717, 1.165) is 12.5 Å². The molecule has 2 atom stereocenters. The van der Waals surface area contributed by atoms with Crippen molar-refractivity contribution < 1.29 is 19.5 Å². The summed E-state index contributed by atoms with van der Waals surface area (Å²) in [4.78, 5) is 32.0. The molecule has 0 bridgehead atoms. The van der Waals surface area contributed by atoms with Crippen molar-refractivity contribution in [1.29, 1.82) is 0 Å². The number of imide groups is 1. The number of rotatable bonds is 3. The first kappa shape index (κ1) is 11.2. The van der Waals surface area contributed by atoms with Crippen LogP contribution in [0.2, 0.25) is 0 Å². The van der Waals surface area contributed by atoms with Gasteiger partial charge in [0, 0.05) is 18.2 Å². The number of nitrogens with one attached hydrogen (secondary N) is 2. The number of amides is 3. The number of hydrogen-bond donors (Lipinski definition) is 3. The first-order valence-electron chi connectivity index (χ1n) is 4.51. The Balaban J connectivity index is 2.25. The lowest BCUT2D eigenvalue weighted by molar-refractivity contribution is -0.131. The van der Waals surface area contributed by atoms with Crippen molar-refractivity contribution in [3.63, 3.8) is 0 Å². The number of carboxylic acids is 1. The van der Waals surface area contributed by atoms with Crippen molar-refractivity contribution >= 4 is 17.9 Å². The zero-order chi connectivity index (χ0) is 11.4. The average Bonchev–Trinajstić information content (AvgIpc) is 2.78. The molecule has 0 spiro atoms. The topological polar surface area (TPSA) is 95.5 Å². The highest BCUT2D eigenvalue weighted by molar-refractivity contribution is 6.02. The SMILES string of the molecule is CC1CC1NC(=O)NC(=O)C=CC(=O)O. The molecule has 3 amide bonds. The van der Waals surface area contributed by atoms with E-state index in [-0.39, 0.29) is 6.04 Å². The van der Waals surface area contributed by atoms with Gasteiger partial charge in [0.15, 0.2) is 0 Å². The average molecular weight is 212 g/mol. The van der Waals surface area contributed by atoms with Crippen molar-refractivity contribution in [3.8, 4) is 0 Å². The zero-order valence-electron chi connectivity index (χ0n) is 8.19. The van der Waals surface area contributed by atoms with Crippen LogP contribution in [-0.4, -0.2) is 29.1 Å². The predicted octanol–water partition coefficient (Wildman–Crippen LogP) is -0.139. The first-order chi connectivity index (χ1) is 6.99. The van der Waals surface area contributed by atoms with Gasteiger partial charge < -0.3 is 10.4 Å². The minimum atomic E-state index is -1.23. The van der Waals surface area contributed by atoms with E-state index in [0.29, 0.717) is 12.0 Å². The Bertz CT molecular complexity index is 324. The van der Waals surface area contributed by atoms with Crippen LogP contribution in [0.25, 0.3) is 0 Å². The quantitative estimate of drug-likeness (QED) is 0.567. The Hall–Kier alpha value is -1.85. The Kier molecular flexibility index (Phi) is 3.43. The fraction of sp³-hybridized carbons (Fsp3) is 0.444. The highest BCUT2D eigenvalue weighted by Gasteiger charge is 2.33. The molecule has 1 rings (SSSR count). The molecule has 0 aromatic rings. The molecule has 82 valence electrons. The molecule has 1 aliphatic carbocycles. The van der Waals surface area contributed by atoms with Crippen LogP contribution in [0.4, 0.5) is 4.79 Å². The maximum Gasteiger partial charge on any atom is 0.328 e. The summed E-state index contributed by atoms with van der Waals surface area (Å²) in [5, 5.41) is 12.8. The van der Waals surface area contributed by atoms with E-state index in [1.54, 1.807) is 0 Å². The number of aliphatic carboxylic acids is 1. The van der Waals surface area contributed by atoms with Crippen LogP contribution in [0.3, 0.4) is 0 Å².